The zero-order valence-corrected chi connectivity index (χ0v) is 16.4. The summed E-state index contributed by atoms with van der Waals surface area (Å²) in [4.78, 5) is 16.3. The van der Waals surface area contributed by atoms with Crippen LogP contribution in [-0.4, -0.2) is 30.7 Å². The van der Waals surface area contributed by atoms with Gasteiger partial charge in [0.1, 0.15) is 5.75 Å². The van der Waals surface area contributed by atoms with E-state index in [1.54, 1.807) is 6.20 Å². The molecule has 0 spiro atoms. The van der Waals surface area contributed by atoms with Crippen molar-refractivity contribution in [3.05, 3.63) is 59.8 Å². The van der Waals surface area contributed by atoms with Crippen molar-refractivity contribution in [2.75, 3.05) is 30.3 Å². The van der Waals surface area contributed by atoms with Crippen LogP contribution in [0.15, 0.2) is 54.7 Å². The molecule has 146 valence electrons. The summed E-state index contributed by atoms with van der Waals surface area (Å²) in [5, 5.41) is 10.6. The summed E-state index contributed by atoms with van der Waals surface area (Å²) >= 11 is 6.01. The van der Waals surface area contributed by atoms with Crippen molar-refractivity contribution in [3.63, 3.8) is 0 Å². The molecule has 0 radical (unpaired) electrons. The van der Waals surface area contributed by atoms with Gasteiger partial charge in [-0.25, -0.2) is 4.79 Å². The molecule has 2 aromatic carbocycles. The first-order valence-corrected chi connectivity index (χ1v) is 9.59. The number of carbonyl (C=O) groups excluding carboxylic acids is 1. The highest BCUT2D eigenvalue weighted by molar-refractivity contribution is 6.31. The van der Waals surface area contributed by atoms with Crippen LogP contribution in [0.4, 0.5) is 16.2 Å². The molecule has 0 saturated carbocycles. The van der Waals surface area contributed by atoms with Crippen LogP contribution < -0.4 is 20.7 Å². The van der Waals surface area contributed by atoms with E-state index in [0.717, 1.165) is 28.8 Å². The zero-order valence-electron chi connectivity index (χ0n) is 15.7. The van der Waals surface area contributed by atoms with Gasteiger partial charge in [0.05, 0.1) is 12.1 Å². The zero-order chi connectivity index (χ0) is 19.8. The molecule has 0 bridgehead atoms. The average Bonchev–Trinajstić information content (AvgIpc) is 2.70. The second-order valence-corrected chi connectivity index (χ2v) is 6.64. The number of aromatic nitrogens is 1. The minimum absolute atomic E-state index is 0.254. The monoisotopic (exact) mass is 398 g/mol. The van der Waals surface area contributed by atoms with Gasteiger partial charge in [-0.1, -0.05) is 18.5 Å². The van der Waals surface area contributed by atoms with E-state index < -0.39 is 0 Å². The number of fused-ring (bicyclic) bond motifs is 1. The Kier molecular flexibility index (Phi) is 6.92. The van der Waals surface area contributed by atoms with Crippen molar-refractivity contribution in [2.45, 2.75) is 13.3 Å². The Bertz CT molecular complexity index is 931. The number of hydrogen-bond donors (Lipinski definition) is 3. The average molecular weight is 399 g/mol. The second-order valence-electron chi connectivity index (χ2n) is 6.20. The number of nitrogens with one attached hydrogen (secondary N) is 3. The first kappa shape index (κ1) is 19.8. The molecule has 3 N–H and O–H groups in total. The van der Waals surface area contributed by atoms with Gasteiger partial charge in [0.15, 0.2) is 0 Å². The molecular formula is C21H23ClN4O2. The summed E-state index contributed by atoms with van der Waals surface area (Å²) in [7, 11) is 0. The number of pyridine rings is 1. The maximum Gasteiger partial charge on any atom is 0.319 e. The number of ether oxygens (including phenoxy) is 1. The van der Waals surface area contributed by atoms with Crippen LogP contribution in [0.2, 0.25) is 5.02 Å². The van der Waals surface area contributed by atoms with Crippen LogP contribution in [0, 0.1) is 0 Å². The lowest BCUT2D eigenvalue weighted by Gasteiger charge is -2.11. The molecule has 0 unspecified atom stereocenters. The van der Waals surface area contributed by atoms with Crippen LogP contribution in [0.25, 0.3) is 10.9 Å². The number of halogens is 1. The molecule has 0 aliphatic rings. The van der Waals surface area contributed by atoms with Gasteiger partial charge in [0.25, 0.3) is 0 Å². The lowest BCUT2D eigenvalue weighted by atomic mass is 10.2. The van der Waals surface area contributed by atoms with E-state index in [4.69, 9.17) is 16.3 Å². The smallest absolute Gasteiger partial charge is 0.319 e. The standard InChI is InChI=1S/C21H23ClN4O2/c1-2-13-28-17-6-4-16(5-7-17)26-21(27)25-12-11-24-19-9-10-23-20-14-15(22)3-8-18(19)20/h3-10,14H,2,11-13H2,1H3,(H,23,24)(H2,25,26,27). The minimum Gasteiger partial charge on any atom is -0.494 e. The van der Waals surface area contributed by atoms with E-state index in [2.05, 4.69) is 27.9 Å². The van der Waals surface area contributed by atoms with Gasteiger partial charge in [-0.2, -0.15) is 0 Å². The summed E-state index contributed by atoms with van der Waals surface area (Å²) in [6, 6.07) is 14.6. The Hall–Kier alpha value is -2.99. The van der Waals surface area contributed by atoms with Gasteiger partial charge in [-0.15, -0.1) is 0 Å². The molecule has 0 aliphatic carbocycles. The number of urea groups is 1. The first-order chi connectivity index (χ1) is 13.7. The topological polar surface area (TPSA) is 75.3 Å². The van der Waals surface area contributed by atoms with Crippen molar-refractivity contribution < 1.29 is 9.53 Å². The fourth-order valence-electron chi connectivity index (χ4n) is 2.68. The van der Waals surface area contributed by atoms with Gasteiger partial charge >= 0.3 is 6.03 Å². The third-order valence-corrected chi connectivity index (χ3v) is 4.25. The molecule has 7 heteroatoms. The lowest BCUT2D eigenvalue weighted by Crippen LogP contribution is -2.32. The normalized spacial score (nSPS) is 10.5. The molecule has 6 nitrogen and oxygen atoms in total. The molecule has 2 amide bonds. The quantitative estimate of drug-likeness (QED) is 0.471. The van der Waals surface area contributed by atoms with E-state index in [0.29, 0.717) is 30.4 Å². The Labute approximate surface area is 169 Å². The lowest BCUT2D eigenvalue weighted by molar-refractivity contribution is 0.252. The van der Waals surface area contributed by atoms with Gasteiger partial charge < -0.3 is 20.7 Å². The number of benzene rings is 2. The van der Waals surface area contributed by atoms with Gasteiger partial charge in [0.2, 0.25) is 0 Å². The number of hydrogen-bond acceptors (Lipinski definition) is 4. The van der Waals surface area contributed by atoms with Gasteiger partial charge in [-0.3, -0.25) is 4.98 Å². The third-order valence-electron chi connectivity index (χ3n) is 4.02. The maximum atomic E-state index is 12.0. The summed E-state index contributed by atoms with van der Waals surface area (Å²) in [5.74, 6) is 0.794. The molecule has 3 rings (SSSR count). The van der Waals surface area contributed by atoms with Crippen LogP contribution in [0.1, 0.15) is 13.3 Å². The van der Waals surface area contributed by atoms with Crippen LogP contribution >= 0.6 is 11.6 Å². The van der Waals surface area contributed by atoms with Crippen molar-refractivity contribution >= 4 is 39.9 Å². The van der Waals surface area contributed by atoms with Crippen molar-refractivity contribution in [1.29, 1.82) is 0 Å². The number of nitrogens with zero attached hydrogens (tertiary/aromatic N) is 1. The molecule has 0 fully saturated rings. The van der Waals surface area contributed by atoms with Gasteiger partial charge in [0, 0.05) is 41.1 Å². The van der Waals surface area contributed by atoms with Crippen molar-refractivity contribution in [3.8, 4) is 5.75 Å². The summed E-state index contributed by atoms with van der Waals surface area (Å²) in [6.07, 6.45) is 2.69. The predicted octanol–water partition coefficient (Wildman–Crippen LogP) is 4.91. The Morgan fingerprint density at radius 3 is 2.71 bits per heavy atom. The molecular weight excluding hydrogens is 376 g/mol. The summed E-state index contributed by atoms with van der Waals surface area (Å²) in [5.41, 5.74) is 2.49. The summed E-state index contributed by atoms with van der Waals surface area (Å²) < 4.78 is 5.53. The largest absolute Gasteiger partial charge is 0.494 e. The van der Waals surface area contributed by atoms with Crippen LogP contribution in [0.5, 0.6) is 5.75 Å². The number of anilines is 2. The Balaban J connectivity index is 1.44. The molecule has 28 heavy (non-hydrogen) atoms. The first-order valence-electron chi connectivity index (χ1n) is 9.21. The highest BCUT2D eigenvalue weighted by atomic mass is 35.5. The Morgan fingerprint density at radius 2 is 1.93 bits per heavy atom. The second kappa shape index (κ2) is 9.80. The van der Waals surface area contributed by atoms with E-state index >= 15 is 0 Å². The van der Waals surface area contributed by atoms with Crippen LogP contribution in [0.3, 0.4) is 0 Å². The van der Waals surface area contributed by atoms with E-state index in [1.807, 2.05) is 48.5 Å². The third kappa shape index (κ3) is 5.50. The number of carbonyl (C=O) groups is 1. The molecule has 3 aromatic rings. The molecule has 0 atom stereocenters. The Morgan fingerprint density at radius 1 is 1.11 bits per heavy atom. The predicted molar refractivity (Wildman–Crippen MR) is 114 cm³/mol. The minimum atomic E-state index is -0.254. The van der Waals surface area contributed by atoms with Gasteiger partial charge in [-0.05, 0) is 55.0 Å². The highest BCUT2D eigenvalue weighted by Crippen LogP contribution is 2.24. The number of amides is 2. The highest BCUT2D eigenvalue weighted by Gasteiger charge is 2.04. The SMILES string of the molecule is CCCOc1ccc(NC(=O)NCCNc2ccnc3cc(Cl)ccc23)cc1. The maximum absolute atomic E-state index is 12.0. The van der Waals surface area contributed by atoms with Crippen molar-refractivity contribution in [2.24, 2.45) is 0 Å². The molecule has 0 aliphatic heterocycles. The fourth-order valence-corrected chi connectivity index (χ4v) is 2.84. The van der Waals surface area contributed by atoms with Crippen LogP contribution in [-0.2, 0) is 0 Å². The fraction of sp³-hybridized carbons (Fsp3) is 0.238. The van der Waals surface area contributed by atoms with E-state index in [-0.39, 0.29) is 6.03 Å². The van der Waals surface area contributed by atoms with E-state index in [1.165, 1.54) is 0 Å². The van der Waals surface area contributed by atoms with E-state index in [9.17, 15) is 4.79 Å². The number of rotatable bonds is 8. The molecule has 1 heterocycles. The molecule has 1 aromatic heterocycles. The molecule has 0 saturated heterocycles. The summed E-state index contributed by atoms with van der Waals surface area (Å²) in [6.45, 7) is 3.79. The van der Waals surface area contributed by atoms with Crippen molar-refractivity contribution in [1.82, 2.24) is 10.3 Å².